The van der Waals surface area contributed by atoms with Crippen molar-refractivity contribution in [3.8, 4) is 0 Å². The molecule has 172 valence electrons. The molecule has 5 nitrogen and oxygen atoms in total. The highest BCUT2D eigenvalue weighted by Crippen LogP contribution is 2.41. The number of hydrogen-bond acceptors (Lipinski definition) is 5. The molecule has 0 unspecified atom stereocenters. The topological polar surface area (TPSA) is 51.9 Å². The SMILES string of the molecule is CC.CCc1c(N(CC)C2CCOCC2)cc2oc(C3CCCC3)cc2c1C(=O)OC. The van der Waals surface area contributed by atoms with E-state index >= 15 is 0 Å². The summed E-state index contributed by atoms with van der Waals surface area (Å²) in [6.07, 6.45) is 7.64. The standard InChI is InChI=1S/C24H33NO4.C2H6/c1-4-18-20(25(5-2)17-10-12-28-13-11-17)15-22-19(23(18)24(26)27-3)14-21(29-22)16-8-6-7-9-16;1-2/h14-17H,4-13H2,1-3H3;1-2H3. The summed E-state index contributed by atoms with van der Waals surface area (Å²) >= 11 is 0. The van der Waals surface area contributed by atoms with Crippen LogP contribution in [-0.2, 0) is 15.9 Å². The third-order valence-corrected chi connectivity index (χ3v) is 6.71. The van der Waals surface area contributed by atoms with Gasteiger partial charge in [0.25, 0.3) is 0 Å². The molecule has 1 aliphatic heterocycles. The highest BCUT2D eigenvalue weighted by molar-refractivity contribution is 6.07. The Labute approximate surface area is 187 Å². The van der Waals surface area contributed by atoms with Gasteiger partial charge in [-0.2, -0.15) is 0 Å². The molecular weight excluding hydrogens is 390 g/mol. The molecule has 2 heterocycles. The first kappa shape index (κ1) is 23.6. The zero-order chi connectivity index (χ0) is 22.4. The van der Waals surface area contributed by atoms with Crippen LogP contribution in [0.1, 0.15) is 93.8 Å². The number of hydrogen-bond donors (Lipinski definition) is 0. The Morgan fingerprint density at radius 2 is 1.77 bits per heavy atom. The van der Waals surface area contributed by atoms with Crippen LogP contribution in [0.15, 0.2) is 16.5 Å². The molecule has 4 rings (SSSR count). The van der Waals surface area contributed by atoms with Gasteiger partial charge in [0.1, 0.15) is 11.3 Å². The number of benzene rings is 1. The third kappa shape index (κ3) is 4.77. The Morgan fingerprint density at radius 1 is 1.10 bits per heavy atom. The van der Waals surface area contributed by atoms with Crippen LogP contribution >= 0.6 is 0 Å². The number of ether oxygens (including phenoxy) is 2. The zero-order valence-electron chi connectivity index (χ0n) is 20.0. The number of esters is 1. The van der Waals surface area contributed by atoms with Gasteiger partial charge in [0.05, 0.1) is 12.7 Å². The van der Waals surface area contributed by atoms with E-state index in [1.54, 1.807) is 0 Å². The first-order chi connectivity index (χ1) is 15.2. The van der Waals surface area contributed by atoms with Gasteiger partial charge in [0.2, 0.25) is 0 Å². The van der Waals surface area contributed by atoms with Crippen molar-refractivity contribution < 1.29 is 18.7 Å². The fourth-order valence-corrected chi connectivity index (χ4v) is 5.21. The fourth-order valence-electron chi connectivity index (χ4n) is 5.21. The van der Waals surface area contributed by atoms with Gasteiger partial charge in [0.15, 0.2) is 0 Å². The molecule has 0 amide bonds. The molecule has 0 radical (unpaired) electrons. The molecule has 1 aromatic carbocycles. The summed E-state index contributed by atoms with van der Waals surface area (Å²) in [5.74, 6) is 1.23. The van der Waals surface area contributed by atoms with Gasteiger partial charge in [-0.1, -0.05) is 33.6 Å². The third-order valence-electron chi connectivity index (χ3n) is 6.71. The molecule has 2 aliphatic rings. The van der Waals surface area contributed by atoms with Crippen molar-refractivity contribution in [2.24, 2.45) is 0 Å². The molecule has 0 bridgehead atoms. The summed E-state index contributed by atoms with van der Waals surface area (Å²) in [6.45, 7) is 10.8. The van der Waals surface area contributed by atoms with Gasteiger partial charge < -0.3 is 18.8 Å². The summed E-state index contributed by atoms with van der Waals surface area (Å²) in [6, 6.07) is 4.69. The molecule has 2 fully saturated rings. The molecule has 0 atom stereocenters. The van der Waals surface area contributed by atoms with Crippen LogP contribution in [0.3, 0.4) is 0 Å². The van der Waals surface area contributed by atoms with E-state index in [0.29, 0.717) is 17.5 Å². The first-order valence-electron chi connectivity index (χ1n) is 12.2. The van der Waals surface area contributed by atoms with E-state index in [1.165, 1.54) is 32.8 Å². The van der Waals surface area contributed by atoms with E-state index in [4.69, 9.17) is 13.9 Å². The average Bonchev–Trinajstić information content (AvgIpc) is 3.50. The number of carbonyl (C=O) groups is 1. The lowest BCUT2D eigenvalue weighted by Gasteiger charge is -2.36. The van der Waals surface area contributed by atoms with Crippen LogP contribution in [0.5, 0.6) is 0 Å². The highest BCUT2D eigenvalue weighted by atomic mass is 16.5. The Bertz CT molecular complexity index is 860. The molecule has 0 spiro atoms. The molecule has 31 heavy (non-hydrogen) atoms. The van der Waals surface area contributed by atoms with Crippen molar-refractivity contribution in [2.75, 3.05) is 31.8 Å². The van der Waals surface area contributed by atoms with Gasteiger partial charge in [-0.15, -0.1) is 0 Å². The van der Waals surface area contributed by atoms with Gasteiger partial charge in [0, 0.05) is 48.9 Å². The lowest BCUT2D eigenvalue weighted by molar-refractivity contribution is 0.0601. The second kappa shape index (κ2) is 11.0. The van der Waals surface area contributed by atoms with Crippen molar-refractivity contribution in [2.45, 2.75) is 84.6 Å². The highest BCUT2D eigenvalue weighted by Gasteiger charge is 2.29. The minimum absolute atomic E-state index is 0.268. The Kier molecular flexibility index (Phi) is 8.42. The van der Waals surface area contributed by atoms with Gasteiger partial charge in [-0.3, -0.25) is 0 Å². The smallest absolute Gasteiger partial charge is 0.338 e. The minimum atomic E-state index is -0.268. The van der Waals surface area contributed by atoms with E-state index in [1.807, 2.05) is 13.8 Å². The number of methoxy groups -OCH3 is 1. The second-order valence-electron chi connectivity index (χ2n) is 8.27. The first-order valence-corrected chi connectivity index (χ1v) is 12.2. The summed E-state index contributed by atoms with van der Waals surface area (Å²) in [7, 11) is 1.47. The van der Waals surface area contributed by atoms with Crippen molar-refractivity contribution in [1.29, 1.82) is 0 Å². The van der Waals surface area contributed by atoms with Crippen molar-refractivity contribution >= 4 is 22.6 Å². The predicted molar refractivity (Wildman–Crippen MR) is 126 cm³/mol. The lowest BCUT2D eigenvalue weighted by Crippen LogP contribution is -2.40. The molecule has 1 aliphatic carbocycles. The Morgan fingerprint density at radius 3 is 2.35 bits per heavy atom. The van der Waals surface area contributed by atoms with Crippen LogP contribution < -0.4 is 4.90 Å². The monoisotopic (exact) mass is 429 g/mol. The molecule has 5 heteroatoms. The van der Waals surface area contributed by atoms with Crippen LogP contribution in [-0.4, -0.2) is 38.9 Å². The van der Waals surface area contributed by atoms with Crippen molar-refractivity contribution in [3.63, 3.8) is 0 Å². The van der Waals surface area contributed by atoms with Crippen LogP contribution in [0.25, 0.3) is 11.0 Å². The van der Waals surface area contributed by atoms with Crippen LogP contribution in [0.2, 0.25) is 0 Å². The average molecular weight is 430 g/mol. The number of rotatable bonds is 6. The van der Waals surface area contributed by atoms with Gasteiger partial charge in [-0.05, 0) is 50.7 Å². The maximum absolute atomic E-state index is 12.9. The molecule has 1 saturated carbocycles. The number of carbonyl (C=O) groups excluding carboxylic acids is 1. The van der Waals surface area contributed by atoms with Gasteiger partial charge >= 0.3 is 5.97 Å². The summed E-state index contributed by atoms with van der Waals surface area (Å²) in [5.41, 5.74) is 3.67. The van der Waals surface area contributed by atoms with Crippen LogP contribution in [0.4, 0.5) is 5.69 Å². The summed E-state index contributed by atoms with van der Waals surface area (Å²) in [5, 5.41) is 0.905. The Balaban J connectivity index is 0.00000132. The molecular formula is C26H39NO4. The number of nitrogens with zero attached hydrogens (tertiary/aromatic N) is 1. The largest absolute Gasteiger partial charge is 0.465 e. The van der Waals surface area contributed by atoms with Crippen molar-refractivity contribution in [3.05, 3.63) is 29.0 Å². The maximum atomic E-state index is 12.9. The van der Waals surface area contributed by atoms with Crippen molar-refractivity contribution in [1.82, 2.24) is 0 Å². The van der Waals surface area contributed by atoms with Gasteiger partial charge in [-0.25, -0.2) is 4.79 Å². The molecule has 0 N–H and O–H groups in total. The number of anilines is 1. The van der Waals surface area contributed by atoms with E-state index in [-0.39, 0.29) is 5.97 Å². The second-order valence-corrected chi connectivity index (χ2v) is 8.27. The lowest BCUT2D eigenvalue weighted by atomic mass is 9.95. The molecule has 1 aromatic heterocycles. The fraction of sp³-hybridized carbons (Fsp3) is 0.654. The number of furan rings is 1. The summed E-state index contributed by atoms with van der Waals surface area (Å²) in [4.78, 5) is 15.3. The summed E-state index contributed by atoms with van der Waals surface area (Å²) < 4.78 is 17.1. The predicted octanol–water partition coefficient (Wildman–Crippen LogP) is 6.47. The van der Waals surface area contributed by atoms with E-state index in [0.717, 1.165) is 67.0 Å². The zero-order valence-corrected chi connectivity index (χ0v) is 20.0. The maximum Gasteiger partial charge on any atom is 0.338 e. The Hall–Kier alpha value is -2.01. The normalized spacial score (nSPS) is 17.5. The minimum Gasteiger partial charge on any atom is -0.465 e. The van der Waals surface area contributed by atoms with E-state index < -0.39 is 0 Å². The molecule has 2 aromatic rings. The van der Waals surface area contributed by atoms with E-state index in [2.05, 4.69) is 30.9 Å². The quantitative estimate of drug-likeness (QED) is 0.493. The molecule has 1 saturated heterocycles. The van der Waals surface area contributed by atoms with Crippen LogP contribution in [0, 0.1) is 0 Å². The number of fused-ring (bicyclic) bond motifs is 1. The van der Waals surface area contributed by atoms with E-state index in [9.17, 15) is 4.79 Å².